The lowest BCUT2D eigenvalue weighted by molar-refractivity contribution is -0.146. The number of aryl methyl sites for hydroxylation is 1. The number of hydrogen-bond acceptors (Lipinski definition) is 11. The van der Waals surface area contributed by atoms with Gasteiger partial charge in [-0.1, -0.05) is 57.6 Å². The zero-order chi connectivity index (χ0) is 32.3. The summed E-state index contributed by atoms with van der Waals surface area (Å²) < 4.78 is 53.6. The average Bonchev–Trinajstić information content (AvgIpc) is 3.06. The highest BCUT2D eigenvalue weighted by Crippen LogP contribution is 2.15. The molecule has 0 spiro atoms. The number of carbonyl (C=O) groups excluding carboxylic acids is 1. The van der Waals surface area contributed by atoms with E-state index in [9.17, 15) is 4.79 Å². The fraction of sp³-hybridized carbons (Fsp3) is 0.794. The number of rotatable bonds is 35. The van der Waals surface area contributed by atoms with Crippen molar-refractivity contribution in [2.75, 3.05) is 119 Å². The highest BCUT2D eigenvalue weighted by molar-refractivity contribution is 5.70. The first-order valence-electron chi connectivity index (χ1n) is 16.7. The van der Waals surface area contributed by atoms with Crippen molar-refractivity contribution in [3.8, 4) is 5.75 Å². The number of methoxy groups -OCH3 is 1. The Labute approximate surface area is 271 Å². The number of carbonyl (C=O) groups is 1. The van der Waals surface area contributed by atoms with Crippen molar-refractivity contribution in [1.82, 2.24) is 0 Å². The van der Waals surface area contributed by atoms with Crippen molar-refractivity contribution in [1.29, 1.82) is 0 Å². The molecule has 262 valence electrons. The van der Waals surface area contributed by atoms with Crippen LogP contribution in [-0.4, -0.2) is 125 Å². The maximum atomic E-state index is 10.9. The van der Waals surface area contributed by atoms with E-state index in [4.69, 9.17) is 42.6 Å². The molecule has 0 bridgehead atoms. The molecule has 1 aromatic carbocycles. The molecule has 0 amide bonds. The second-order valence-electron chi connectivity index (χ2n) is 10.3. The average molecular weight is 645 g/mol. The Morgan fingerprint density at radius 2 is 0.867 bits per heavy atom. The first-order chi connectivity index (χ1) is 22.3. The Kier molecular flexibility index (Phi) is 30.7. The van der Waals surface area contributed by atoms with E-state index in [2.05, 4.69) is 23.8 Å². The number of esters is 1. The molecule has 0 aliphatic carbocycles. The summed E-state index contributed by atoms with van der Waals surface area (Å²) in [5.74, 6) is 0.480. The van der Waals surface area contributed by atoms with Crippen molar-refractivity contribution in [2.24, 2.45) is 0 Å². The molecule has 0 saturated carbocycles. The molecule has 1 aromatic rings. The SMILES string of the molecule is CCCCCCCCCc1ccc(OCCOCCOCCOCCOCCOCCOCCOCCOCC(=O)OC)cc1. The van der Waals surface area contributed by atoms with Crippen LogP contribution in [0.3, 0.4) is 0 Å². The van der Waals surface area contributed by atoms with Gasteiger partial charge in [-0.2, -0.15) is 0 Å². The van der Waals surface area contributed by atoms with Gasteiger partial charge in [0.05, 0.1) is 106 Å². The Bertz CT molecular complexity index is 748. The summed E-state index contributed by atoms with van der Waals surface area (Å²) in [6, 6.07) is 8.44. The van der Waals surface area contributed by atoms with Gasteiger partial charge >= 0.3 is 5.97 Å². The fourth-order valence-corrected chi connectivity index (χ4v) is 4.01. The molecular weight excluding hydrogens is 584 g/mol. The Morgan fingerprint density at radius 3 is 1.29 bits per heavy atom. The van der Waals surface area contributed by atoms with Crippen LogP contribution in [0.4, 0.5) is 0 Å². The predicted octanol–water partition coefficient (Wildman–Crippen LogP) is 4.66. The van der Waals surface area contributed by atoms with E-state index in [-0.39, 0.29) is 6.61 Å². The van der Waals surface area contributed by atoms with Crippen LogP contribution < -0.4 is 4.74 Å². The Morgan fingerprint density at radius 1 is 0.489 bits per heavy atom. The molecule has 0 heterocycles. The lowest BCUT2D eigenvalue weighted by atomic mass is 10.0. The van der Waals surface area contributed by atoms with Crippen LogP contribution >= 0.6 is 0 Å². The molecule has 0 fully saturated rings. The third-order valence-corrected chi connectivity index (χ3v) is 6.54. The number of benzene rings is 1. The van der Waals surface area contributed by atoms with E-state index in [1.807, 2.05) is 12.1 Å². The zero-order valence-corrected chi connectivity index (χ0v) is 28.0. The molecule has 0 aliphatic heterocycles. The summed E-state index contributed by atoms with van der Waals surface area (Å²) in [5.41, 5.74) is 1.38. The van der Waals surface area contributed by atoms with Crippen LogP contribution in [0.25, 0.3) is 0 Å². The van der Waals surface area contributed by atoms with Crippen molar-refractivity contribution in [3.63, 3.8) is 0 Å². The van der Waals surface area contributed by atoms with Crippen LogP contribution in [0.15, 0.2) is 24.3 Å². The minimum atomic E-state index is -0.403. The number of unbranched alkanes of at least 4 members (excludes halogenated alkanes) is 6. The standard InChI is InChI=1S/C34H60O11/c1-3-4-5-6-7-8-9-10-32-11-13-33(14-12-32)45-30-29-43-26-25-41-22-21-39-18-17-37-15-16-38-19-20-40-23-24-42-27-28-44-31-34(35)36-2/h11-14H,3-10,15-31H2,1-2H3. The van der Waals surface area contributed by atoms with Crippen LogP contribution in [0.1, 0.15) is 57.4 Å². The molecule has 1 rings (SSSR count). The lowest BCUT2D eigenvalue weighted by Crippen LogP contribution is -2.16. The summed E-state index contributed by atoms with van der Waals surface area (Å²) in [4.78, 5) is 10.9. The first-order valence-corrected chi connectivity index (χ1v) is 16.7. The zero-order valence-electron chi connectivity index (χ0n) is 28.0. The summed E-state index contributed by atoms with van der Waals surface area (Å²) in [6.07, 6.45) is 10.5. The van der Waals surface area contributed by atoms with Crippen LogP contribution in [-0.2, 0) is 53.8 Å². The topological polar surface area (TPSA) is 109 Å². The van der Waals surface area contributed by atoms with Gasteiger partial charge in [0, 0.05) is 0 Å². The second kappa shape index (κ2) is 33.5. The largest absolute Gasteiger partial charge is 0.491 e. The Balaban J connectivity index is 1.73. The molecule has 0 N–H and O–H groups in total. The van der Waals surface area contributed by atoms with Gasteiger partial charge in [0.15, 0.2) is 0 Å². The third kappa shape index (κ3) is 29.3. The molecule has 45 heavy (non-hydrogen) atoms. The van der Waals surface area contributed by atoms with E-state index in [0.717, 1.165) is 12.2 Å². The molecule has 11 nitrogen and oxygen atoms in total. The first kappa shape index (κ1) is 41.2. The van der Waals surface area contributed by atoms with Gasteiger partial charge in [-0.15, -0.1) is 0 Å². The normalized spacial score (nSPS) is 11.2. The summed E-state index contributed by atoms with van der Waals surface area (Å²) in [6.45, 7) is 9.95. The van der Waals surface area contributed by atoms with Crippen molar-refractivity contribution >= 4 is 5.97 Å². The number of hydrogen-bond donors (Lipinski definition) is 0. The van der Waals surface area contributed by atoms with Gasteiger partial charge in [-0.25, -0.2) is 4.79 Å². The van der Waals surface area contributed by atoms with Crippen LogP contribution in [0, 0.1) is 0 Å². The molecule has 0 unspecified atom stereocenters. The monoisotopic (exact) mass is 644 g/mol. The fourth-order valence-electron chi connectivity index (χ4n) is 4.01. The maximum absolute atomic E-state index is 10.9. The van der Waals surface area contributed by atoms with Gasteiger partial charge < -0.3 is 47.4 Å². The van der Waals surface area contributed by atoms with Crippen molar-refractivity contribution < 1.29 is 52.2 Å². The number of ether oxygens (including phenoxy) is 10. The second-order valence-corrected chi connectivity index (χ2v) is 10.3. The molecule has 0 aromatic heterocycles. The molecule has 0 aliphatic rings. The molecular formula is C34H60O11. The van der Waals surface area contributed by atoms with Gasteiger partial charge in [-0.05, 0) is 30.5 Å². The maximum Gasteiger partial charge on any atom is 0.331 e. The Hall–Kier alpha value is -1.83. The predicted molar refractivity (Wildman–Crippen MR) is 172 cm³/mol. The van der Waals surface area contributed by atoms with Crippen LogP contribution in [0.2, 0.25) is 0 Å². The minimum absolute atomic E-state index is 0.0661. The summed E-state index contributed by atoms with van der Waals surface area (Å²) in [7, 11) is 1.32. The van der Waals surface area contributed by atoms with Crippen molar-refractivity contribution in [3.05, 3.63) is 29.8 Å². The van der Waals surface area contributed by atoms with E-state index >= 15 is 0 Å². The smallest absolute Gasteiger partial charge is 0.331 e. The van der Waals surface area contributed by atoms with Gasteiger partial charge in [0.2, 0.25) is 0 Å². The summed E-state index contributed by atoms with van der Waals surface area (Å²) in [5, 5.41) is 0. The van der Waals surface area contributed by atoms with E-state index in [1.54, 1.807) is 0 Å². The van der Waals surface area contributed by atoms with Gasteiger partial charge in [-0.3, -0.25) is 0 Å². The quantitative estimate of drug-likeness (QED) is 0.0760. The highest BCUT2D eigenvalue weighted by Gasteiger charge is 2.00. The molecule has 11 heteroatoms. The molecule has 0 atom stereocenters. The molecule has 0 saturated heterocycles. The minimum Gasteiger partial charge on any atom is -0.491 e. The lowest BCUT2D eigenvalue weighted by Gasteiger charge is -2.09. The van der Waals surface area contributed by atoms with E-state index < -0.39 is 5.97 Å². The van der Waals surface area contributed by atoms with Gasteiger partial charge in [0.1, 0.15) is 19.0 Å². The molecule has 0 radical (unpaired) electrons. The third-order valence-electron chi connectivity index (χ3n) is 6.54. The highest BCUT2D eigenvalue weighted by atomic mass is 16.6. The van der Waals surface area contributed by atoms with Crippen LogP contribution in [0.5, 0.6) is 5.75 Å². The van der Waals surface area contributed by atoms with Gasteiger partial charge in [0.25, 0.3) is 0 Å². The van der Waals surface area contributed by atoms with E-state index in [0.29, 0.717) is 106 Å². The van der Waals surface area contributed by atoms with Crippen molar-refractivity contribution in [2.45, 2.75) is 58.3 Å². The van der Waals surface area contributed by atoms with E-state index in [1.165, 1.54) is 57.6 Å². The summed E-state index contributed by atoms with van der Waals surface area (Å²) >= 11 is 0.